The van der Waals surface area contributed by atoms with E-state index in [1.54, 1.807) is 7.11 Å². The SMILES string of the molecule is CCOc1cc(C2C3=C(CCCC3=O)N(CCOC)C3=C2C(=O)CCC3)cc(Br)c1OCC. The molecule has 0 saturated heterocycles. The third kappa shape index (κ3) is 4.50. The number of hydrogen-bond donors (Lipinski definition) is 0. The van der Waals surface area contributed by atoms with Crippen molar-refractivity contribution in [2.75, 3.05) is 33.5 Å². The third-order valence-corrected chi connectivity index (χ3v) is 7.15. The predicted molar refractivity (Wildman–Crippen MR) is 130 cm³/mol. The summed E-state index contributed by atoms with van der Waals surface area (Å²) in [7, 11) is 1.68. The summed E-state index contributed by atoms with van der Waals surface area (Å²) in [6.45, 7) is 6.06. The molecule has 1 aliphatic heterocycles. The van der Waals surface area contributed by atoms with Crippen LogP contribution < -0.4 is 9.47 Å². The minimum Gasteiger partial charge on any atom is -0.490 e. The molecule has 3 aliphatic rings. The molecule has 6 nitrogen and oxygen atoms in total. The van der Waals surface area contributed by atoms with Crippen LogP contribution in [-0.2, 0) is 14.3 Å². The highest BCUT2D eigenvalue weighted by molar-refractivity contribution is 9.10. The molecule has 7 heteroatoms. The van der Waals surface area contributed by atoms with Gasteiger partial charge in [-0.05, 0) is 73.2 Å². The van der Waals surface area contributed by atoms with Gasteiger partial charge in [0.1, 0.15) is 0 Å². The largest absolute Gasteiger partial charge is 0.490 e. The summed E-state index contributed by atoms with van der Waals surface area (Å²) in [5.41, 5.74) is 4.55. The number of ketones is 2. The topological polar surface area (TPSA) is 65.1 Å². The standard InChI is InChI=1S/C26H32BrNO5/c1-4-32-22-15-16(14-17(27)26(22)33-5-2)23-24-18(8-6-10-20(24)29)28(12-13-31-3)19-9-7-11-21(30)25(19)23/h14-15,23H,4-13H2,1-3H3. The Balaban J connectivity index is 1.93. The molecule has 0 amide bonds. The van der Waals surface area contributed by atoms with E-state index >= 15 is 0 Å². The van der Waals surface area contributed by atoms with Gasteiger partial charge in [-0.1, -0.05) is 0 Å². The molecular weight excluding hydrogens is 486 g/mol. The second kappa shape index (κ2) is 10.4. The first-order valence-electron chi connectivity index (χ1n) is 11.9. The van der Waals surface area contributed by atoms with E-state index in [-0.39, 0.29) is 17.5 Å². The van der Waals surface area contributed by atoms with Gasteiger partial charge in [-0.3, -0.25) is 9.59 Å². The zero-order chi connectivity index (χ0) is 23.5. The first-order chi connectivity index (χ1) is 16.0. The highest BCUT2D eigenvalue weighted by atomic mass is 79.9. The maximum atomic E-state index is 13.4. The second-order valence-corrected chi connectivity index (χ2v) is 9.40. The first-order valence-corrected chi connectivity index (χ1v) is 12.7. The van der Waals surface area contributed by atoms with Gasteiger partial charge in [0.05, 0.1) is 24.3 Å². The molecular formula is C26H32BrNO5. The van der Waals surface area contributed by atoms with E-state index in [1.807, 2.05) is 26.0 Å². The number of Topliss-reactive ketones (excluding diaryl/α,β-unsaturated/α-hetero) is 2. The molecule has 1 heterocycles. The van der Waals surface area contributed by atoms with E-state index in [4.69, 9.17) is 14.2 Å². The van der Waals surface area contributed by atoms with Crippen LogP contribution in [0.2, 0.25) is 0 Å². The van der Waals surface area contributed by atoms with Crippen molar-refractivity contribution in [3.63, 3.8) is 0 Å². The highest BCUT2D eigenvalue weighted by Crippen LogP contribution is 2.51. The van der Waals surface area contributed by atoms with E-state index in [9.17, 15) is 9.59 Å². The number of hydrogen-bond acceptors (Lipinski definition) is 6. The van der Waals surface area contributed by atoms with Crippen LogP contribution in [0.25, 0.3) is 0 Å². The van der Waals surface area contributed by atoms with Gasteiger partial charge in [-0.25, -0.2) is 0 Å². The van der Waals surface area contributed by atoms with Gasteiger partial charge in [-0.2, -0.15) is 0 Å². The number of nitrogens with zero attached hydrogens (tertiary/aromatic N) is 1. The average Bonchev–Trinajstić information content (AvgIpc) is 2.80. The lowest BCUT2D eigenvalue weighted by atomic mass is 9.71. The van der Waals surface area contributed by atoms with Crippen LogP contribution in [0.4, 0.5) is 0 Å². The number of ether oxygens (including phenoxy) is 3. The van der Waals surface area contributed by atoms with Crippen LogP contribution in [-0.4, -0.2) is 49.9 Å². The Morgan fingerprint density at radius 2 is 1.55 bits per heavy atom. The van der Waals surface area contributed by atoms with Crippen LogP contribution in [0, 0.1) is 0 Å². The Morgan fingerprint density at radius 1 is 0.939 bits per heavy atom. The fourth-order valence-corrected chi connectivity index (χ4v) is 5.88. The van der Waals surface area contributed by atoms with Gasteiger partial charge in [0.15, 0.2) is 23.1 Å². The average molecular weight is 518 g/mol. The summed E-state index contributed by atoms with van der Waals surface area (Å²) >= 11 is 3.65. The van der Waals surface area contributed by atoms with Crippen LogP contribution >= 0.6 is 15.9 Å². The predicted octanol–water partition coefficient (Wildman–Crippen LogP) is 5.31. The molecule has 0 atom stereocenters. The van der Waals surface area contributed by atoms with Gasteiger partial charge < -0.3 is 19.1 Å². The molecule has 1 aromatic carbocycles. The van der Waals surface area contributed by atoms with E-state index in [1.165, 1.54) is 0 Å². The van der Waals surface area contributed by atoms with E-state index < -0.39 is 0 Å². The van der Waals surface area contributed by atoms with Gasteiger partial charge >= 0.3 is 0 Å². The summed E-state index contributed by atoms with van der Waals surface area (Å²) < 4.78 is 17.9. The highest BCUT2D eigenvalue weighted by Gasteiger charge is 2.43. The van der Waals surface area contributed by atoms with Crippen LogP contribution in [0.5, 0.6) is 11.5 Å². The number of methoxy groups -OCH3 is 1. The zero-order valence-electron chi connectivity index (χ0n) is 19.7. The molecule has 0 fully saturated rings. The summed E-state index contributed by atoms with van der Waals surface area (Å²) in [5.74, 6) is 1.17. The van der Waals surface area contributed by atoms with Crippen LogP contribution in [0.3, 0.4) is 0 Å². The van der Waals surface area contributed by atoms with Crippen LogP contribution in [0.15, 0.2) is 39.1 Å². The lowest BCUT2D eigenvalue weighted by Crippen LogP contribution is -2.40. The number of carbonyl (C=O) groups excluding carboxylic acids is 2. The molecule has 0 aromatic heterocycles. The molecule has 4 rings (SSSR count). The zero-order valence-corrected chi connectivity index (χ0v) is 21.3. The second-order valence-electron chi connectivity index (χ2n) is 8.55. The van der Waals surface area contributed by atoms with Crippen molar-refractivity contribution in [1.29, 1.82) is 0 Å². The first kappa shape index (κ1) is 24.0. The number of rotatable bonds is 8. The Bertz CT molecular complexity index is 968. The van der Waals surface area contributed by atoms with E-state index in [0.29, 0.717) is 50.7 Å². The Labute approximate surface area is 204 Å². The molecule has 33 heavy (non-hydrogen) atoms. The molecule has 0 spiro atoms. The fraction of sp³-hybridized carbons (Fsp3) is 0.538. The van der Waals surface area contributed by atoms with Crippen molar-refractivity contribution in [3.05, 3.63) is 44.7 Å². The van der Waals surface area contributed by atoms with E-state index in [0.717, 1.165) is 58.3 Å². The van der Waals surface area contributed by atoms with Crippen molar-refractivity contribution in [2.45, 2.75) is 58.3 Å². The monoisotopic (exact) mass is 517 g/mol. The Kier molecular flexibility index (Phi) is 7.59. The minimum atomic E-state index is -0.374. The van der Waals surface area contributed by atoms with Gasteiger partial charge in [-0.15, -0.1) is 0 Å². The molecule has 0 unspecified atom stereocenters. The number of halogens is 1. The molecule has 178 valence electrons. The quantitative estimate of drug-likeness (QED) is 0.465. The summed E-state index contributed by atoms with van der Waals surface area (Å²) in [4.78, 5) is 28.9. The van der Waals surface area contributed by atoms with Crippen LogP contribution in [0.1, 0.15) is 63.9 Å². The lowest BCUT2D eigenvalue weighted by Gasteiger charge is -2.44. The summed E-state index contributed by atoms with van der Waals surface area (Å²) in [6, 6.07) is 3.94. The van der Waals surface area contributed by atoms with Crippen molar-refractivity contribution >= 4 is 27.5 Å². The van der Waals surface area contributed by atoms with Gasteiger partial charge in [0.25, 0.3) is 0 Å². The number of carbonyl (C=O) groups is 2. The third-order valence-electron chi connectivity index (χ3n) is 6.56. The molecule has 0 bridgehead atoms. The number of benzene rings is 1. The molecule has 1 aromatic rings. The normalized spacial score (nSPS) is 19.1. The number of allylic oxidation sites excluding steroid dienone is 4. The molecule has 0 radical (unpaired) electrons. The van der Waals surface area contributed by atoms with Crippen molar-refractivity contribution in [3.8, 4) is 11.5 Å². The lowest BCUT2D eigenvalue weighted by molar-refractivity contribution is -0.117. The van der Waals surface area contributed by atoms with Crippen molar-refractivity contribution in [1.82, 2.24) is 4.90 Å². The molecule has 0 N–H and O–H groups in total. The smallest absolute Gasteiger partial charge is 0.175 e. The Hall–Kier alpha value is -2.12. The Morgan fingerprint density at radius 3 is 2.09 bits per heavy atom. The van der Waals surface area contributed by atoms with Gasteiger partial charge in [0, 0.05) is 55.0 Å². The summed E-state index contributed by atoms with van der Waals surface area (Å²) in [6.07, 6.45) is 4.37. The molecule has 2 aliphatic carbocycles. The molecule has 0 saturated carbocycles. The van der Waals surface area contributed by atoms with Crippen molar-refractivity contribution < 1.29 is 23.8 Å². The van der Waals surface area contributed by atoms with Crippen molar-refractivity contribution in [2.24, 2.45) is 0 Å². The maximum absolute atomic E-state index is 13.4. The van der Waals surface area contributed by atoms with E-state index in [2.05, 4.69) is 20.8 Å². The minimum absolute atomic E-state index is 0.136. The van der Waals surface area contributed by atoms with Gasteiger partial charge in [0.2, 0.25) is 0 Å². The maximum Gasteiger partial charge on any atom is 0.175 e. The summed E-state index contributed by atoms with van der Waals surface area (Å²) in [5, 5.41) is 0. The fourth-order valence-electron chi connectivity index (χ4n) is 5.30.